The molecule has 0 unspecified atom stereocenters. The maximum absolute atomic E-state index is 13.7. The number of hydrogen-bond acceptors (Lipinski definition) is 6. The van der Waals surface area contributed by atoms with Crippen LogP contribution in [0.5, 0.6) is 0 Å². The van der Waals surface area contributed by atoms with Crippen molar-refractivity contribution in [1.29, 1.82) is 0 Å². The zero-order valence-electron chi connectivity index (χ0n) is 15.5. The summed E-state index contributed by atoms with van der Waals surface area (Å²) >= 11 is 0. The molecular weight excluding hydrogens is 362 g/mol. The molecule has 150 valence electrons. The van der Waals surface area contributed by atoms with Crippen LogP contribution in [0.25, 0.3) is 0 Å². The van der Waals surface area contributed by atoms with Crippen molar-refractivity contribution in [2.24, 2.45) is 4.99 Å². The summed E-state index contributed by atoms with van der Waals surface area (Å²) in [4.78, 5) is 16.4. The third kappa shape index (κ3) is 7.81. The molecule has 0 bridgehead atoms. The molecule has 0 aromatic heterocycles. The predicted octanol–water partition coefficient (Wildman–Crippen LogP) is 2.12. The molecule has 0 saturated carbocycles. The third-order valence-electron chi connectivity index (χ3n) is 3.45. The van der Waals surface area contributed by atoms with Gasteiger partial charge in [0.2, 0.25) is 0 Å². The highest BCUT2D eigenvalue weighted by molar-refractivity contribution is 6.12. The molecule has 27 heavy (non-hydrogen) atoms. The Balaban J connectivity index is 2.87. The first kappa shape index (κ1) is 22.7. The minimum atomic E-state index is -0.781. The second-order valence-corrected chi connectivity index (χ2v) is 5.31. The molecule has 0 aliphatic carbocycles. The maximum atomic E-state index is 13.7. The number of aliphatic hydroxyl groups excluding tert-OH is 1. The van der Waals surface area contributed by atoms with Gasteiger partial charge in [0.05, 0.1) is 12.1 Å². The van der Waals surface area contributed by atoms with E-state index in [1.54, 1.807) is 6.92 Å². The van der Waals surface area contributed by atoms with Crippen molar-refractivity contribution in [3.63, 3.8) is 0 Å². The van der Waals surface area contributed by atoms with Crippen molar-refractivity contribution in [3.8, 4) is 0 Å². The quantitative estimate of drug-likeness (QED) is 0.263. The Kier molecular flexibility index (Phi) is 10.2. The van der Waals surface area contributed by atoms with Gasteiger partial charge in [-0.1, -0.05) is 6.07 Å². The molecule has 1 aromatic carbocycles. The summed E-state index contributed by atoms with van der Waals surface area (Å²) in [6.07, 6.45) is 0.559. The van der Waals surface area contributed by atoms with Gasteiger partial charge in [-0.05, 0) is 13.0 Å². The summed E-state index contributed by atoms with van der Waals surface area (Å²) in [5, 5.41) is 12.5. The smallest absolute Gasteiger partial charge is 0.256 e. The number of nitrogens with one attached hydrogen (secondary N) is 1. The Labute approximate surface area is 156 Å². The van der Waals surface area contributed by atoms with Crippen molar-refractivity contribution < 1.29 is 32.9 Å². The van der Waals surface area contributed by atoms with Crippen LogP contribution in [0.15, 0.2) is 34.5 Å². The molecule has 9 heteroatoms. The first-order valence-corrected chi connectivity index (χ1v) is 8.20. The molecule has 1 rings (SSSR count). The van der Waals surface area contributed by atoms with E-state index in [4.69, 9.17) is 14.2 Å². The molecule has 0 aliphatic heterocycles. The summed E-state index contributed by atoms with van der Waals surface area (Å²) in [6, 6.07) is 3.04. The zero-order chi connectivity index (χ0) is 20.2. The number of nitrogens with zero attached hydrogens (tertiary/aromatic N) is 1. The molecule has 1 aromatic rings. The van der Waals surface area contributed by atoms with Crippen LogP contribution in [0, 0.1) is 11.6 Å². The Morgan fingerprint density at radius 3 is 2.63 bits per heavy atom. The highest BCUT2D eigenvalue weighted by atomic mass is 19.1. The van der Waals surface area contributed by atoms with Crippen LogP contribution in [-0.2, 0) is 25.5 Å². The lowest BCUT2D eigenvalue weighted by atomic mass is 10.2. The number of benzene rings is 1. The maximum Gasteiger partial charge on any atom is 0.256 e. The predicted molar refractivity (Wildman–Crippen MR) is 95.5 cm³/mol. The van der Waals surface area contributed by atoms with E-state index in [2.05, 4.69) is 10.3 Å². The first-order valence-electron chi connectivity index (χ1n) is 8.20. The number of aliphatic imine (C=N–C) groups is 1. The molecular formula is C18H24F2N2O5. The monoisotopic (exact) mass is 386 g/mol. The standard InChI is InChI=1S/C18H24F2N2O5/c1-4-27-11-16(23)14(9-21-10-17(25-2)26-3)18(24)22-8-12-5-6-13(19)7-15(12)20/h5-7,9,17,23H,4,8,10-11H2,1-3H3,(H,22,24). The van der Waals surface area contributed by atoms with Gasteiger partial charge in [0, 0.05) is 45.2 Å². The molecule has 1 amide bonds. The Bertz CT molecular complexity index is 676. The largest absolute Gasteiger partial charge is 0.509 e. The van der Waals surface area contributed by atoms with Crippen LogP contribution in [0.1, 0.15) is 12.5 Å². The van der Waals surface area contributed by atoms with Gasteiger partial charge in [0.25, 0.3) is 5.91 Å². The Hall–Kier alpha value is -2.36. The van der Waals surface area contributed by atoms with Crippen LogP contribution in [-0.4, -0.2) is 57.5 Å². The molecule has 0 heterocycles. The van der Waals surface area contributed by atoms with Crippen LogP contribution in [0.3, 0.4) is 0 Å². The van der Waals surface area contributed by atoms with E-state index in [1.165, 1.54) is 20.3 Å². The van der Waals surface area contributed by atoms with E-state index in [-0.39, 0.29) is 36.6 Å². The third-order valence-corrected chi connectivity index (χ3v) is 3.45. The van der Waals surface area contributed by atoms with E-state index >= 15 is 0 Å². The van der Waals surface area contributed by atoms with Crippen molar-refractivity contribution >= 4 is 12.1 Å². The van der Waals surface area contributed by atoms with Crippen molar-refractivity contribution in [2.45, 2.75) is 19.8 Å². The SMILES string of the molecule is CCOCC(O)=C(C=NCC(OC)OC)C(=O)NCc1ccc(F)cc1F. The fraction of sp³-hybridized carbons (Fsp3) is 0.444. The van der Waals surface area contributed by atoms with Crippen LogP contribution in [0.2, 0.25) is 0 Å². The minimum absolute atomic E-state index is 0.0955. The van der Waals surface area contributed by atoms with Gasteiger partial charge < -0.3 is 24.6 Å². The summed E-state index contributed by atoms with van der Waals surface area (Å²) in [5.74, 6) is -2.51. The number of aliphatic hydroxyl groups is 1. The average molecular weight is 386 g/mol. The van der Waals surface area contributed by atoms with Gasteiger partial charge in [-0.25, -0.2) is 8.78 Å². The number of hydrogen-bond donors (Lipinski definition) is 2. The lowest BCUT2D eigenvalue weighted by Gasteiger charge is -2.11. The Morgan fingerprint density at radius 1 is 1.33 bits per heavy atom. The number of amides is 1. The van der Waals surface area contributed by atoms with Gasteiger partial charge in [0.15, 0.2) is 6.29 Å². The highest BCUT2D eigenvalue weighted by Crippen LogP contribution is 2.10. The molecule has 0 spiro atoms. The van der Waals surface area contributed by atoms with Crippen LogP contribution >= 0.6 is 0 Å². The number of halogens is 2. The van der Waals surface area contributed by atoms with Gasteiger partial charge >= 0.3 is 0 Å². The second-order valence-electron chi connectivity index (χ2n) is 5.31. The van der Waals surface area contributed by atoms with Gasteiger partial charge in [-0.2, -0.15) is 0 Å². The van der Waals surface area contributed by atoms with Crippen molar-refractivity contribution in [3.05, 3.63) is 46.7 Å². The number of carbonyl (C=O) groups is 1. The summed E-state index contributed by atoms with van der Waals surface area (Å²) in [5.41, 5.74) is -0.0407. The summed E-state index contributed by atoms with van der Waals surface area (Å²) < 4.78 is 41.7. The number of carbonyl (C=O) groups excluding carboxylic acids is 1. The van der Waals surface area contributed by atoms with E-state index in [1.807, 2.05) is 0 Å². The van der Waals surface area contributed by atoms with Crippen LogP contribution < -0.4 is 5.32 Å². The Morgan fingerprint density at radius 2 is 2.04 bits per heavy atom. The fourth-order valence-corrected chi connectivity index (χ4v) is 1.95. The zero-order valence-corrected chi connectivity index (χ0v) is 15.5. The number of ether oxygens (including phenoxy) is 3. The lowest BCUT2D eigenvalue weighted by Crippen LogP contribution is -2.27. The summed E-state index contributed by atoms with van der Waals surface area (Å²) in [6.45, 7) is 1.79. The van der Waals surface area contributed by atoms with Gasteiger partial charge in [0.1, 0.15) is 24.0 Å². The molecule has 0 fully saturated rings. The van der Waals surface area contributed by atoms with Crippen LogP contribution in [0.4, 0.5) is 8.78 Å². The summed E-state index contributed by atoms with van der Waals surface area (Å²) in [7, 11) is 2.88. The number of rotatable bonds is 11. The first-order chi connectivity index (χ1) is 12.9. The van der Waals surface area contributed by atoms with Crippen molar-refractivity contribution in [2.75, 3.05) is 34.0 Å². The minimum Gasteiger partial charge on any atom is -0.509 e. The lowest BCUT2D eigenvalue weighted by molar-refractivity contribution is -0.117. The number of methoxy groups -OCH3 is 2. The normalized spacial score (nSPS) is 12.5. The van der Waals surface area contributed by atoms with E-state index in [0.717, 1.165) is 18.3 Å². The van der Waals surface area contributed by atoms with E-state index in [0.29, 0.717) is 6.61 Å². The molecule has 0 atom stereocenters. The fourth-order valence-electron chi connectivity index (χ4n) is 1.95. The molecule has 0 saturated heterocycles. The average Bonchev–Trinajstić information content (AvgIpc) is 2.65. The molecule has 0 aliphatic rings. The van der Waals surface area contributed by atoms with E-state index < -0.39 is 23.8 Å². The van der Waals surface area contributed by atoms with Gasteiger partial charge in [-0.15, -0.1) is 0 Å². The topological polar surface area (TPSA) is 89.4 Å². The van der Waals surface area contributed by atoms with E-state index in [9.17, 15) is 18.7 Å². The van der Waals surface area contributed by atoms with Crippen molar-refractivity contribution in [1.82, 2.24) is 5.32 Å². The molecule has 2 N–H and O–H groups in total. The molecule has 0 radical (unpaired) electrons. The molecule has 7 nitrogen and oxygen atoms in total. The highest BCUT2D eigenvalue weighted by Gasteiger charge is 2.15. The second kappa shape index (κ2) is 12.1. The van der Waals surface area contributed by atoms with Gasteiger partial charge in [-0.3, -0.25) is 9.79 Å².